The molecule has 1 fully saturated rings. The number of piperidine rings is 1. The topological polar surface area (TPSA) is 42.4 Å². The van der Waals surface area contributed by atoms with E-state index in [9.17, 15) is 4.79 Å². The number of hydrogen-bond donors (Lipinski definition) is 0. The Morgan fingerprint density at radius 1 is 1.39 bits per heavy atom. The van der Waals surface area contributed by atoms with Crippen LogP contribution < -0.4 is 4.90 Å². The van der Waals surface area contributed by atoms with Gasteiger partial charge in [-0.1, -0.05) is 13.8 Å². The number of rotatable bonds is 2. The first-order valence-corrected chi connectivity index (χ1v) is 6.31. The maximum Gasteiger partial charge on any atom is 0.338 e. The predicted molar refractivity (Wildman–Crippen MR) is 70.8 cm³/mol. The molecule has 1 aromatic heterocycles. The quantitative estimate of drug-likeness (QED) is 0.754. The van der Waals surface area contributed by atoms with Crippen molar-refractivity contribution < 1.29 is 9.53 Å². The molecule has 0 radical (unpaired) electrons. The van der Waals surface area contributed by atoms with Gasteiger partial charge in [-0.25, -0.2) is 9.78 Å². The summed E-state index contributed by atoms with van der Waals surface area (Å²) in [6, 6.07) is 3.49. The van der Waals surface area contributed by atoms with E-state index in [4.69, 9.17) is 4.74 Å². The summed E-state index contributed by atoms with van der Waals surface area (Å²) in [5, 5.41) is 0. The van der Waals surface area contributed by atoms with Crippen molar-refractivity contribution in [1.82, 2.24) is 4.98 Å². The average Bonchev–Trinajstić information content (AvgIpc) is 2.38. The summed E-state index contributed by atoms with van der Waals surface area (Å²) in [6.45, 7) is 6.57. The van der Waals surface area contributed by atoms with Crippen molar-refractivity contribution in [3.05, 3.63) is 23.9 Å². The highest BCUT2D eigenvalue weighted by Gasteiger charge is 2.26. The van der Waals surface area contributed by atoms with E-state index in [0.29, 0.717) is 11.0 Å². The third-order valence-electron chi connectivity index (χ3n) is 3.61. The number of pyridine rings is 1. The minimum Gasteiger partial charge on any atom is -0.465 e. The lowest BCUT2D eigenvalue weighted by Crippen LogP contribution is -2.37. The Labute approximate surface area is 108 Å². The fourth-order valence-corrected chi connectivity index (χ4v) is 2.18. The van der Waals surface area contributed by atoms with Crippen LogP contribution >= 0.6 is 0 Å². The highest BCUT2D eigenvalue weighted by atomic mass is 16.5. The van der Waals surface area contributed by atoms with Gasteiger partial charge < -0.3 is 9.64 Å². The second-order valence-corrected chi connectivity index (χ2v) is 5.55. The van der Waals surface area contributed by atoms with Gasteiger partial charge >= 0.3 is 5.97 Å². The number of hydrogen-bond acceptors (Lipinski definition) is 4. The normalized spacial score (nSPS) is 18.5. The Bertz CT molecular complexity index is 433. The van der Waals surface area contributed by atoms with Gasteiger partial charge in [0.2, 0.25) is 0 Å². The fourth-order valence-electron chi connectivity index (χ4n) is 2.18. The lowest BCUT2D eigenvalue weighted by Gasteiger charge is -2.37. The van der Waals surface area contributed by atoms with Gasteiger partial charge in [0.1, 0.15) is 5.82 Å². The monoisotopic (exact) mass is 248 g/mol. The molecule has 0 N–H and O–H groups in total. The van der Waals surface area contributed by atoms with Gasteiger partial charge in [0, 0.05) is 19.3 Å². The third kappa shape index (κ3) is 2.81. The van der Waals surface area contributed by atoms with Gasteiger partial charge in [-0.3, -0.25) is 0 Å². The van der Waals surface area contributed by atoms with E-state index in [1.807, 2.05) is 6.07 Å². The van der Waals surface area contributed by atoms with Gasteiger partial charge in [-0.2, -0.15) is 0 Å². The molecule has 0 aromatic carbocycles. The molecule has 4 nitrogen and oxygen atoms in total. The number of nitrogens with zero attached hydrogens (tertiary/aromatic N) is 2. The molecule has 4 heteroatoms. The third-order valence-corrected chi connectivity index (χ3v) is 3.61. The molecule has 1 aliphatic rings. The second-order valence-electron chi connectivity index (χ2n) is 5.55. The Morgan fingerprint density at radius 2 is 2.06 bits per heavy atom. The molecule has 0 atom stereocenters. The Balaban J connectivity index is 2.12. The smallest absolute Gasteiger partial charge is 0.338 e. The minimum atomic E-state index is -0.309. The first-order chi connectivity index (χ1) is 8.52. The lowest BCUT2D eigenvalue weighted by atomic mass is 9.83. The number of aromatic nitrogens is 1. The number of carbonyl (C=O) groups excluding carboxylic acids is 1. The fraction of sp³-hybridized carbons (Fsp3) is 0.571. The average molecular weight is 248 g/mol. The Hall–Kier alpha value is -1.58. The largest absolute Gasteiger partial charge is 0.465 e. The van der Waals surface area contributed by atoms with Crippen LogP contribution in [0.1, 0.15) is 37.0 Å². The summed E-state index contributed by atoms with van der Waals surface area (Å²) >= 11 is 0. The molecular weight excluding hydrogens is 228 g/mol. The molecule has 0 unspecified atom stereocenters. The van der Waals surface area contributed by atoms with Crippen molar-refractivity contribution >= 4 is 11.8 Å². The number of ether oxygens (including phenoxy) is 1. The molecule has 98 valence electrons. The molecule has 1 aliphatic heterocycles. The van der Waals surface area contributed by atoms with Gasteiger partial charge in [-0.05, 0) is 30.4 Å². The summed E-state index contributed by atoms with van der Waals surface area (Å²) in [5.74, 6) is 0.560. The Kier molecular flexibility index (Phi) is 3.55. The SMILES string of the molecule is COC(=O)c1ccnc(N2CCC(C)(C)CC2)c1. The van der Waals surface area contributed by atoms with Crippen LogP contribution in [0.3, 0.4) is 0 Å². The summed E-state index contributed by atoms with van der Waals surface area (Å²) in [4.78, 5) is 18.1. The van der Waals surface area contributed by atoms with E-state index < -0.39 is 0 Å². The molecule has 0 spiro atoms. The highest BCUT2D eigenvalue weighted by molar-refractivity contribution is 5.90. The number of carbonyl (C=O) groups is 1. The zero-order valence-electron chi connectivity index (χ0n) is 11.3. The molecule has 2 rings (SSSR count). The van der Waals surface area contributed by atoms with E-state index in [1.54, 1.807) is 12.3 Å². The van der Waals surface area contributed by atoms with Gasteiger partial charge in [0.25, 0.3) is 0 Å². The number of methoxy groups -OCH3 is 1. The summed E-state index contributed by atoms with van der Waals surface area (Å²) < 4.78 is 4.73. The maximum absolute atomic E-state index is 11.5. The zero-order valence-corrected chi connectivity index (χ0v) is 11.3. The second kappa shape index (κ2) is 4.96. The van der Waals surface area contributed by atoms with Crippen molar-refractivity contribution in [3.8, 4) is 0 Å². The van der Waals surface area contributed by atoms with Crippen LogP contribution in [0.25, 0.3) is 0 Å². The van der Waals surface area contributed by atoms with Gasteiger partial charge in [0.05, 0.1) is 12.7 Å². The van der Waals surface area contributed by atoms with Crippen LogP contribution in [0.15, 0.2) is 18.3 Å². The molecular formula is C14H20N2O2. The standard InChI is InChI=1S/C14H20N2O2/c1-14(2)5-8-16(9-6-14)12-10-11(4-7-15-12)13(17)18-3/h4,7,10H,5-6,8-9H2,1-3H3. The van der Waals surface area contributed by atoms with Crippen molar-refractivity contribution in [3.63, 3.8) is 0 Å². The molecule has 0 aliphatic carbocycles. The van der Waals surface area contributed by atoms with Crippen LogP contribution in [-0.4, -0.2) is 31.2 Å². The van der Waals surface area contributed by atoms with E-state index >= 15 is 0 Å². The van der Waals surface area contributed by atoms with Crippen molar-refractivity contribution in [2.75, 3.05) is 25.1 Å². The Morgan fingerprint density at radius 3 is 2.67 bits per heavy atom. The van der Waals surface area contributed by atoms with Gasteiger partial charge in [-0.15, -0.1) is 0 Å². The molecule has 2 heterocycles. The first-order valence-electron chi connectivity index (χ1n) is 6.31. The number of anilines is 1. The van der Waals surface area contributed by atoms with Crippen molar-refractivity contribution in [2.45, 2.75) is 26.7 Å². The van der Waals surface area contributed by atoms with Crippen molar-refractivity contribution in [2.24, 2.45) is 5.41 Å². The van der Waals surface area contributed by atoms with Crippen LogP contribution in [0.5, 0.6) is 0 Å². The molecule has 0 saturated carbocycles. The molecule has 1 saturated heterocycles. The molecule has 1 aromatic rings. The minimum absolute atomic E-state index is 0.309. The van der Waals surface area contributed by atoms with E-state index in [-0.39, 0.29) is 5.97 Å². The zero-order chi connectivity index (χ0) is 13.2. The summed E-state index contributed by atoms with van der Waals surface area (Å²) in [5.41, 5.74) is 0.976. The summed E-state index contributed by atoms with van der Waals surface area (Å²) in [7, 11) is 1.39. The number of esters is 1. The van der Waals surface area contributed by atoms with Crippen LogP contribution in [-0.2, 0) is 4.74 Å². The highest BCUT2D eigenvalue weighted by Crippen LogP contribution is 2.31. The molecule has 18 heavy (non-hydrogen) atoms. The van der Waals surface area contributed by atoms with E-state index in [0.717, 1.165) is 31.7 Å². The van der Waals surface area contributed by atoms with E-state index in [1.165, 1.54) is 7.11 Å². The van der Waals surface area contributed by atoms with Gasteiger partial charge in [0.15, 0.2) is 0 Å². The summed E-state index contributed by atoms with van der Waals surface area (Å²) in [6.07, 6.45) is 3.97. The van der Waals surface area contributed by atoms with E-state index in [2.05, 4.69) is 23.7 Å². The van der Waals surface area contributed by atoms with Crippen LogP contribution in [0.4, 0.5) is 5.82 Å². The van der Waals surface area contributed by atoms with Crippen LogP contribution in [0.2, 0.25) is 0 Å². The molecule has 0 amide bonds. The lowest BCUT2D eigenvalue weighted by molar-refractivity contribution is 0.0600. The first kappa shape index (κ1) is 12.9. The predicted octanol–water partition coefficient (Wildman–Crippen LogP) is 2.49. The molecule has 0 bridgehead atoms. The van der Waals surface area contributed by atoms with Crippen molar-refractivity contribution in [1.29, 1.82) is 0 Å². The van der Waals surface area contributed by atoms with Crippen LogP contribution in [0, 0.1) is 5.41 Å². The maximum atomic E-state index is 11.5.